The monoisotopic (exact) mass is 771 g/mol. The summed E-state index contributed by atoms with van der Waals surface area (Å²) in [5.74, 6) is 0.369. The lowest BCUT2D eigenvalue weighted by Gasteiger charge is -2.32. The third-order valence-electron chi connectivity index (χ3n) is 14.1. The standard InChI is InChI=1S/C60H37N/c1-3-19-42-38(15-1)40-17-5-7-21-44(40)54-33-36(29-31-48(42)54)53-35-56-47-24-10-12-26-51(47)60-59(58(56)50-25-11-9-23-46(50)53)52-27-13-14-28-57(52)61(60)37-30-32-49-43-20-4-2-16-39(43)41-18-6-8-22-45(41)55(49)34-37/h1-19,21-35,43H,20H2. The smallest absolute Gasteiger partial charge is 0.0626 e. The third kappa shape index (κ3) is 4.50. The van der Waals surface area contributed by atoms with Crippen LogP contribution in [0.5, 0.6) is 0 Å². The van der Waals surface area contributed by atoms with Crippen LogP contribution in [0.4, 0.5) is 0 Å². The van der Waals surface area contributed by atoms with Gasteiger partial charge < -0.3 is 4.57 Å². The van der Waals surface area contributed by atoms with Gasteiger partial charge in [0.25, 0.3) is 0 Å². The molecule has 2 aliphatic carbocycles. The molecule has 14 rings (SSSR count). The van der Waals surface area contributed by atoms with Crippen LogP contribution in [0, 0.1) is 0 Å². The first-order valence-corrected chi connectivity index (χ1v) is 21.5. The van der Waals surface area contributed by atoms with Crippen LogP contribution in [0.25, 0.3) is 120 Å². The maximum Gasteiger partial charge on any atom is 0.0626 e. The second-order valence-corrected chi connectivity index (χ2v) is 17.0. The van der Waals surface area contributed by atoms with E-state index in [9.17, 15) is 0 Å². The summed E-state index contributed by atoms with van der Waals surface area (Å²) in [6.07, 6.45) is 7.91. The Morgan fingerprint density at radius 3 is 1.72 bits per heavy atom. The highest BCUT2D eigenvalue weighted by Crippen LogP contribution is 2.52. The third-order valence-corrected chi connectivity index (χ3v) is 14.1. The van der Waals surface area contributed by atoms with Crippen LogP contribution in [-0.2, 0) is 0 Å². The van der Waals surface area contributed by atoms with Gasteiger partial charge in [0.2, 0.25) is 0 Å². The Labute approximate surface area is 352 Å². The lowest BCUT2D eigenvalue weighted by molar-refractivity contribution is 0.867. The molecule has 1 nitrogen and oxygen atoms in total. The molecule has 0 fully saturated rings. The van der Waals surface area contributed by atoms with Gasteiger partial charge >= 0.3 is 0 Å². The SMILES string of the molecule is C1=CCC2C(=C1)c1ccccc1-c1cc(-n3c4ccccc4c4c5c6ccccc6c(-c6ccc7c8ccccc8c8ccccc8c7c6)cc5c5ccccc5c43)ccc12. The summed E-state index contributed by atoms with van der Waals surface area (Å²) < 4.78 is 2.56. The number of hydrogen-bond donors (Lipinski definition) is 0. The molecule has 0 saturated carbocycles. The molecule has 11 aromatic carbocycles. The minimum Gasteiger partial charge on any atom is -0.309 e. The van der Waals surface area contributed by atoms with Crippen molar-refractivity contribution >= 4 is 92.0 Å². The van der Waals surface area contributed by atoms with E-state index < -0.39 is 0 Å². The second-order valence-electron chi connectivity index (χ2n) is 17.0. The topological polar surface area (TPSA) is 4.93 Å². The Hall–Kier alpha value is -7.74. The number of hydrogen-bond acceptors (Lipinski definition) is 0. The highest BCUT2D eigenvalue weighted by Gasteiger charge is 2.30. The van der Waals surface area contributed by atoms with Crippen molar-refractivity contribution in [1.29, 1.82) is 0 Å². The molecule has 0 N–H and O–H groups in total. The lowest BCUT2D eigenvalue weighted by atomic mass is 9.72. The first-order chi connectivity index (χ1) is 30.3. The number of rotatable bonds is 2. The van der Waals surface area contributed by atoms with E-state index in [1.165, 1.54) is 131 Å². The van der Waals surface area contributed by atoms with Gasteiger partial charge in [-0.25, -0.2) is 0 Å². The van der Waals surface area contributed by atoms with Crippen molar-refractivity contribution in [3.8, 4) is 27.9 Å². The molecule has 0 amide bonds. The Morgan fingerprint density at radius 1 is 0.377 bits per heavy atom. The minimum absolute atomic E-state index is 0.369. The van der Waals surface area contributed by atoms with E-state index in [0.717, 1.165) is 6.42 Å². The molecule has 1 unspecified atom stereocenters. The maximum absolute atomic E-state index is 2.56. The van der Waals surface area contributed by atoms with Crippen LogP contribution in [0.1, 0.15) is 23.5 Å². The zero-order valence-corrected chi connectivity index (χ0v) is 33.4. The highest BCUT2D eigenvalue weighted by atomic mass is 15.0. The molecule has 61 heavy (non-hydrogen) atoms. The Morgan fingerprint density at radius 2 is 0.967 bits per heavy atom. The molecule has 0 aliphatic heterocycles. The summed E-state index contributed by atoms with van der Waals surface area (Å²) in [6.45, 7) is 0. The maximum atomic E-state index is 2.56. The van der Waals surface area contributed by atoms with Crippen LogP contribution < -0.4 is 0 Å². The molecular formula is C60H37N. The first kappa shape index (κ1) is 33.1. The largest absolute Gasteiger partial charge is 0.309 e. The Kier molecular flexibility index (Phi) is 6.73. The van der Waals surface area contributed by atoms with E-state index in [1.54, 1.807) is 0 Å². The summed E-state index contributed by atoms with van der Waals surface area (Å²) in [5.41, 5.74) is 13.0. The van der Waals surface area contributed by atoms with Crippen LogP contribution in [0.3, 0.4) is 0 Å². The van der Waals surface area contributed by atoms with Crippen molar-refractivity contribution in [2.75, 3.05) is 0 Å². The van der Waals surface area contributed by atoms with Crippen molar-refractivity contribution in [3.63, 3.8) is 0 Å². The fourth-order valence-corrected chi connectivity index (χ4v) is 11.5. The van der Waals surface area contributed by atoms with E-state index in [1.807, 2.05) is 0 Å². The van der Waals surface area contributed by atoms with Crippen molar-refractivity contribution in [3.05, 3.63) is 217 Å². The zero-order chi connectivity index (χ0) is 39.8. The van der Waals surface area contributed by atoms with E-state index in [4.69, 9.17) is 0 Å². The zero-order valence-electron chi connectivity index (χ0n) is 33.4. The average molecular weight is 772 g/mol. The summed E-state index contributed by atoms with van der Waals surface area (Å²) in [7, 11) is 0. The number of nitrogens with zero attached hydrogens (tertiary/aromatic N) is 1. The summed E-state index contributed by atoms with van der Waals surface area (Å²) in [5, 5.41) is 18.0. The number of aromatic nitrogens is 1. The van der Waals surface area contributed by atoms with Gasteiger partial charge in [0, 0.05) is 33.2 Å². The summed E-state index contributed by atoms with van der Waals surface area (Å²) in [4.78, 5) is 0. The van der Waals surface area contributed by atoms with Gasteiger partial charge in [-0.15, -0.1) is 0 Å². The van der Waals surface area contributed by atoms with Gasteiger partial charge in [0.1, 0.15) is 0 Å². The van der Waals surface area contributed by atoms with Crippen LogP contribution in [0.2, 0.25) is 0 Å². The average Bonchev–Trinajstić information content (AvgIpc) is 3.69. The van der Waals surface area contributed by atoms with Gasteiger partial charge in [-0.2, -0.15) is 0 Å². The summed E-state index contributed by atoms with van der Waals surface area (Å²) >= 11 is 0. The van der Waals surface area contributed by atoms with E-state index in [2.05, 4.69) is 211 Å². The van der Waals surface area contributed by atoms with E-state index >= 15 is 0 Å². The van der Waals surface area contributed by atoms with Gasteiger partial charge in [0.05, 0.1) is 11.0 Å². The number of para-hydroxylation sites is 1. The van der Waals surface area contributed by atoms with Gasteiger partial charge in [-0.05, 0) is 130 Å². The number of benzene rings is 11. The predicted octanol–water partition coefficient (Wildman–Crippen LogP) is 16.5. The fraction of sp³-hybridized carbons (Fsp3) is 0.0333. The molecule has 0 radical (unpaired) electrons. The summed E-state index contributed by atoms with van der Waals surface area (Å²) in [6, 6.07) is 70.9. The molecule has 1 atom stereocenters. The predicted molar refractivity (Wildman–Crippen MR) is 261 cm³/mol. The second kappa shape index (κ2) is 12.4. The molecule has 2 aliphatic rings. The molecule has 0 saturated heterocycles. The molecule has 0 spiro atoms. The van der Waals surface area contributed by atoms with Crippen molar-refractivity contribution in [2.24, 2.45) is 0 Å². The molecular weight excluding hydrogens is 735 g/mol. The Bertz CT molecular complexity index is 3930. The van der Waals surface area contributed by atoms with E-state index in [0.29, 0.717) is 5.92 Å². The highest BCUT2D eigenvalue weighted by molar-refractivity contribution is 6.38. The van der Waals surface area contributed by atoms with Crippen LogP contribution in [0.15, 0.2) is 206 Å². The van der Waals surface area contributed by atoms with Crippen molar-refractivity contribution in [2.45, 2.75) is 12.3 Å². The normalized spacial score (nSPS) is 14.7. The van der Waals surface area contributed by atoms with E-state index in [-0.39, 0.29) is 0 Å². The number of fused-ring (bicyclic) bond motifs is 22. The molecule has 12 aromatic rings. The molecule has 1 aromatic heterocycles. The van der Waals surface area contributed by atoms with Crippen LogP contribution >= 0.6 is 0 Å². The number of allylic oxidation sites excluding steroid dienone is 4. The van der Waals surface area contributed by atoms with Gasteiger partial charge in [0.15, 0.2) is 0 Å². The molecule has 0 bridgehead atoms. The first-order valence-electron chi connectivity index (χ1n) is 21.5. The van der Waals surface area contributed by atoms with Crippen LogP contribution in [-0.4, -0.2) is 4.57 Å². The van der Waals surface area contributed by atoms with Gasteiger partial charge in [-0.1, -0.05) is 176 Å². The quantitative estimate of drug-likeness (QED) is 0.154. The molecule has 1 heteroatoms. The van der Waals surface area contributed by atoms with Crippen molar-refractivity contribution in [1.82, 2.24) is 4.57 Å². The lowest BCUT2D eigenvalue weighted by Crippen LogP contribution is -2.12. The molecule has 1 heterocycles. The van der Waals surface area contributed by atoms with Gasteiger partial charge in [-0.3, -0.25) is 0 Å². The fourth-order valence-electron chi connectivity index (χ4n) is 11.5. The van der Waals surface area contributed by atoms with Crippen molar-refractivity contribution < 1.29 is 0 Å². The molecule has 282 valence electrons. The minimum atomic E-state index is 0.369. The Balaban J connectivity index is 1.08.